The molecule has 6 heteroatoms. The van der Waals surface area contributed by atoms with E-state index in [1.165, 1.54) is 0 Å². The number of nitrogens with zero attached hydrogens (tertiary/aromatic N) is 2. The topological polar surface area (TPSA) is 51.7 Å². The molecule has 2 rings (SSSR count). The predicted molar refractivity (Wildman–Crippen MR) is 77.8 cm³/mol. The summed E-state index contributed by atoms with van der Waals surface area (Å²) in [5.74, 6) is 0. The predicted octanol–water partition coefficient (Wildman–Crippen LogP) is 3.23. The number of amides is 1. The van der Waals surface area contributed by atoms with E-state index < -0.39 is 5.60 Å². The number of aromatic nitrogens is 1. The number of carbonyl (C=O) groups is 1. The van der Waals surface area contributed by atoms with Gasteiger partial charge in [-0.3, -0.25) is 0 Å². The Morgan fingerprint density at radius 2 is 2.30 bits per heavy atom. The van der Waals surface area contributed by atoms with Crippen LogP contribution < -0.4 is 0 Å². The molecule has 0 aromatic carbocycles. The molecule has 0 radical (unpaired) electrons. The first-order valence-corrected chi connectivity index (χ1v) is 7.76. The third-order valence-corrected chi connectivity index (χ3v) is 3.93. The largest absolute Gasteiger partial charge is 0.444 e. The Hall–Kier alpha value is -1.14. The number of ether oxygens (including phenoxy) is 2. The van der Waals surface area contributed by atoms with E-state index in [-0.39, 0.29) is 18.3 Å². The molecule has 0 spiro atoms. The second-order valence-electron chi connectivity index (χ2n) is 5.99. The van der Waals surface area contributed by atoms with Crippen LogP contribution in [0.5, 0.6) is 0 Å². The first kappa shape index (κ1) is 15.3. The maximum absolute atomic E-state index is 12.0. The van der Waals surface area contributed by atoms with Gasteiger partial charge in [0.25, 0.3) is 0 Å². The molecular formula is C14H22N2O3S. The van der Waals surface area contributed by atoms with Gasteiger partial charge in [-0.15, -0.1) is 11.3 Å². The zero-order valence-corrected chi connectivity index (χ0v) is 13.3. The van der Waals surface area contributed by atoms with Crippen LogP contribution in [0, 0.1) is 0 Å². The number of rotatable bonds is 3. The van der Waals surface area contributed by atoms with Crippen LogP contribution in [0.15, 0.2) is 11.6 Å². The summed E-state index contributed by atoms with van der Waals surface area (Å²) in [6.07, 6.45) is 2.39. The van der Waals surface area contributed by atoms with Gasteiger partial charge in [0.2, 0.25) is 0 Å². The Morgan fingerprint density at radius 1 is 1.55 bits per heavy atom. The van der Waals surface area contributed by atoms with E-state index in [9.17, 15) is 4.79 Å². The molecule has 0 N–H and O–H groups in total. The Balaban J connectivity index is 1.82. The van der Waals surface area contributed by atoms with Crippen molar-refractivity contribution in [3.05, 3.63) is 16.6 Å². The minimum Gasteiger partial charge on any atom is -0.444 e. The van der Waals surface area contributed by atoms with Crippen molar-refractivity contribution in [2.45, 2.75) is 51.9 Å². The average Bonchev–Trinajstić information content (AvgIpc) is 2.97. The smallest absolute Gasteiger partial charge is 0.410 e. The minimum absolute atomic E-state index is 0.0291. The van der Waals surface area contributed by atoms with Gasteiger partial charge in [0.1, 0.15) is 16.7 Å². The SMILES string of the molecule is CC(O[C@H]1CCN(C(=O)OC(C)(C)C)C1)c1nccs1. The van der Waals surface area contributed by atoms with Crippen molar-refractivity contribution in [3.8, 4) is 0 Å². The maximum Gasteiger partial charge on any atom is 0.410 e. The van der Waals surface area contributed by atoms with E-state index in [4.69, 9.17) is 9.47 Å². The van der Waals surface area contributed by atoms with Gasteiger partial charge in [0, 0.05) is 18.1 Å². The summed E-state index contributed by atoms with van der Waals surface area (Å²) >= 11 is 1.59. The van der Waals surface area contributed by atoms with Crippen molar-refractivity contribution in [1.29, 1.82) is 0 Å². The monoisotopic (exact) mass is 298 g/mol. The molecule has 0 bridgehead atoms. The second-order valence-corrected chi connectivity index (χ2v) is 6.91. The summed E-state index contributed by atoms with van der Waals surface area (Å²) < 4.78 is 11.3. The molecule has 1 aliphatic rings. The van der Waals surface area contributed by atoms with Gasteiger partial charge in [-0.2, -0.15) is 0 Å². The minimum atomic E-state index is -0.454. The number of thiazole rings is 1. The lowest BCUT2D eigenvalue weighted by molar-refractivity contribution is -0.00399. The maximum atomic E-state index is 12.0. The van der Waals surface area contributed by atoms with Crippen LogP contribution in [0.3, 0.4) is 0 Å². The molecule has 5 nitrogen and oxygen atoms in total. The van der Waals surface area contributed by atoms with Crippen LogP contribution in [0.25, 0.3) is 0 Å². The van der Waals surface area contributed by atoms with Gasteiger partial charge in [-0.1, -0.05) is 0 Å². The summed E-state index contributed by atoms with van der Waals surface area (Å²) in [5, 5.41) is 2.91. The molecule has 2 atom stereocenters. The highest BCUT2D eigenvalue weighted by Crippen LogP contribution is 2.25. The van der Waals surface area contributed by atoms with Gasteiger partial charge < -0.3 is 14.4 Å². The molecule has 1 fully saturated rings. The van der Waals surface area contributed by atoms with Gasteiger partial charge in [0.15, 0.2) is 0 Å². The highest BCUT2D eigenvalue weighted by Gasteiger charge is 2.31. The van der Waals surface area contributed by atoms with Crippen molar-refractivity contribution in [2.75, 3.05) is 13.1 Å². The highest BCUT2D eigenvalue weighted by atomic mass is 32.1. The Kier molecular flexibility index (Phi) is 4.65. The van der Waals surface area contributed by atoms with Crippen LogP contribution >= 0.6 is 11.3 Å². The standard InChI is InChI=1S/C14H22N2O3S/c1-10(12-15-6-8-20-12)18-11-5-7-16(9-11)13(17)19-14(2,3)4/h6,8,10-11H,5,7,9H2,1-4H3/t10?,11-/m0/s1. The number of hydrogen-bond acceptors (Lipinski definition) is 5. The molecule has 2 heterocycles. The van der Waals surface area contributed by atoms with Gasteiger partial charge in [-0.25, -0.2) is 9.78 Å². The number of carbonyl (C=O) groups excluding carboxylic acids is 1. The van der Waals surface area contributed by atoms with Crippen LogP contribution in [-0.4, -0.2) is 40.8 Å². The molecule has 0 saturated carbocycles. The molecule has 1 aliphatic heterocycles. The molecule has 1 saturated heterocycles. The van der Waals surface area contributed by atoms with Crippen molar-refractivity contribution in [1.82, 2.24) is 9.88 Å². The fourth-order valence-corrected chi connectivity index (χ4v) is 2.74. The zero-order chi connectivity index (χ0) is 14.8. The van der Waals surface area contributed by atoms with Crippen molar-refractivity contribution >= 4 is 17.4 Å². The summed E-state index contributed by atoms with van der Waals surface area (Å²) in [7, 11) is 0. The molecule has 1 aromatic heterocycles. The molecule has 0 aliphatic carbocycles. The first-order chi connectivity index (χ1) is 9.35. The molecular weight excluding hydrogens is 276 g/mol. The molecule has 20 heavy (non-hydrogen) atoms. The van der Waals surface area contributed by atoms with E-state index in [0.717, 1.165) is 11.4 Å². The first-order valence-electron chi connectivity index (χ1n) is 6.88. The Morgan fingerprint density at radius 3 is 2.90 bits per heavy atom. The molecule has 112 valence electrons. The summed E-state index contributed by atoms with van der Waals surface area (Å²) in [6.45, 7) is 8.89. The van der Waals surface area contributed by atoms with Crippen molar-refractivity contribution in [2.24, 2.45) is 0 Å². The average molecular weight is 298 g/mol. The van der Waals surface area contributed by atoms with Crippen molar-refractivity contribution in [3.63, 3.8) is 0 Å². The lowest BCUT2D eigenvalue weighted by atomic mass is 10.2. The normalized spacial score (nSPS) is 21.0. The van der Waals surface area contributed by atoms with E-state index in [1.807, 2.05) is 33.1 Å². The number of likely N-dealkylation sites (tertiary alicyclic amines) is 1. The van der Waals surface area contributed by atoms with Crippen molar-refractivity contribution < 1.29 is 14.3 Å². The quantitative estimate of drug-likeness (QED) is 0.859. The summed E-state index contributed by atoms with van der Waals surface area (Å²) in [4.78, 5) is 17.9. The summed E-state index contributed by atoms with van der Waals surface area (Å²) in [5.41, 5.74) is -0.454. The lowest BCUT2D eigenvalue weighted by Gasteiger charge is -2.24. The van der Waals surface area contributed by atoms with Crippen LogP contribution in [-0.2, 0) is 9.47 Å². The van der Waals surface area contributed by atoms with Crippen LogP contribution in [0.1, 0.15) is 45.2 Å². The molecule has 1 unspecified atom stereocenters. The number of hydrogen-bond donors (Lipinski definition) is 0. The van der Waals surface area contributed by atoms with E-state index in [2.05, 4.69) is 4.98 Å². The fraction of sp³-hybridized carbons (Fsp3) is 0.714. The fourth-order valence-electron chi connectivity index (χ4n) is 2.11. The van der Waals surface area contributed by atoms with Crippen LogP contribution in [0.4, 0.5) is 4.79 Å². The highest BCUT2D eigenvalue weighted by molar-refractivity contribution is 7.09. The van der Waals surface area contributed by atoms with Crippen LogP contribution in [0.2, 0.25) is 0 Å². The summed E-state index contributed by atoms with van der Waals surface area (Å²) in [6, 6.07) is 0. The molecule has 1 aromatic rings. The third-order valence-electron chi connectivity index (χ3n) is 2.99. The van der Waals surface area contributed by atoms with Gasteiger partial charge >= 0.3 is 6.09 Å². The van der Waals surface area contributed by atoms with Gasteiger partial charge in [-0.05, 0) is 34.1 Å². The van der Waals surface area contributed by atoms with E-state index in [0.29, 0.717) is 13.1 Å². The Labute approximate surface area is 123 Å². The zero-order valence-electron chi connectivity index (χ0n) is 12.5. The van der Waals surface area contributed by atoms with Gasteiger partial charge in [0.05, 0.1) is 12.6 Å². The lowest BCUT2D eigenvalue weighted by Crippen LogP contribution is -2.36. The molecule has 1 amide bonds. The Bertz CT molecular complexity index is 442. The van der Waals surface area contributed by atoms with E-state index >= 15 is 0 Å². The third kappa shape index (κ3) is 4.18. The van der Waals surface area contributed by atoms with E-state index in [1.54, 1.807) is 22.4 Å². The second kappa shape index (κ2) is 6.10.